The third-order valence-corrected chi connectivity index (χ3v) is 3.25. The number of hydrogen-bond acceptors (Lipinski definition) is 6. The predicted molar refractivity (Wildman–Crippen MR) is 88.7 cm³/mol. The van der Waals surface area contributed by atoms with E-state index in [1.807, 2.05) is 0 Å². The van der Waals surface area contributed by atoms with Crippen LogP contribution in [0.1, 0.15) is 5.56 Å². The molecule has 0 saturated carbocycles. The van der Waals surface area contributed by atoms with Crippen molar-refractivity contribution in [3.8, 4) is 0 Å². The van der Waals surface area contributed by atoms with Gasteiger partial charge in [-0.05, 0) is 36.4 Å². The molecule has 0 aliphatic carbocycles. The molecule has 0 aliphatic heterocycles. The number of benzene rings is 2. The molecule has 0 bridgehead atoms. The minimum atomic E-state index is -4.37. The van der Waals surface area contributed by atoms with Crippen LogP contribution in [0.3, 0.4) is 0 Å². The Kier molecular flexibility index (Phi) is 4.38. The number of para-hydroxylation sites is 2. The summed E-state index contributed by atoms with van der Waals surface area (Å²) >= 11 is 0. The van der Waals surface area contributed by atoms with E-state index < -0.39 is 11.7 Å². The lowest BCUT2D eigenvalue weighted by Gasteiger charge is -2.10. The van der Waals surface area contributed by atoms with Crippen LogP contribution < -0.4 is 16.4 Å². The van der Waals surface area contributed by atoms with Gasteiger partial charge in [-0.2, -0.15) is 23.3 Å². The summed E-state index contributed by atoms with van der Waals surface area (Å²) in [6.45, 7) is 0. The fourth-order valence-corrected chi connectivity index (χ4v) is 2.04. The summed E-state index contributed by atoms with van der Waals surface area (Å²) < 4.78 is 37.7. The van der Waals surface area contributed by atoms with E-state index in [1.165, 1.54) is 18.3 Å². The largest absolute Gasteiger partial charge is 0.416 e. The van der Waals surface area contributed by atoms with Crippen molar-refractivity contribution >= 4 is 28.8 Å². The molecule has 2 aromatic carbocycles. The first kappa shape index (κ1) is 16.5. The average molecular weight is 346 g/mol. The molecule has 4 N–H and O–H groups in total. The van der Waals surface area contributed by atoms with Crippen LogP contribution in [-0.2, 0) is 6.18 Å². The van der Waals surface area contributed by atoms with Crippen molar-refractivity contribution in [3.63, 3.8) is 0 Å². The highest BCUT2D eigenvalue weighted by Gasteiger charge is 2.29. The van der Waals surface area contributed by atoms with Crippen LogP contribution in [0.4, 0.5) is 42.0 Å². The van der Waals surface area contributed by atoms with Crippen molar-refractivity contribution in [2.45, 2.75) is 6.18 Å². The fraction of sp³-hybridized carbons (Fsp3) is 0.0625. The second-order valence-electron chi connectivity index (χ2n) is 5.08. The molecule has 1 aromatic heterocycles. The lowest BCUT2D eigenvalue weighted by molar-refractivity contribution is -0.137. The molecule has 0 amide bonds. The highest BCUT2D eigenvalue weighted by atomic mass is 19.4. The number of nitrogens with one attached hydrogen (secondary N) is 2. The van der Waals surface area contributed by atoms with Gasteiger partial charge in [-0.1, -0.05) is 12.1 Å². The Morgan fingerprint density at radius 3 is 2.32 bits per heavy atom. The molecule has 0 atom stereocenters. The summed E-state index contributed by atoms with van der Waals surface area (Å²) in [5, 5.41) is 13.5. The minimum Gasteiger partial charge on any atom is -0.397 e. The van der Waals surface area contributed by atoms with Gasteiger partial charge in [0, 0.05) is 5.69 Å². The summed E-state index contributed by atoms with van der Waals surface area (Å²) in [5.74, 6) is 0.529. The Bertz CT molecular complexity index is 864. The smallest absolute Gasteiger partial charge is 0.397 e. The van der Waals surface area contributed by atoms with E-state index in [0.717, 1.165) is 12.1 Å². The average Bonchev–Trinajstić information content (AvgIpc) is 2.57. The maximum Gasteiger partial charge on any atom is 0.416 e. The first-order chi connectivity index (χ1) is 11.9. The molecule has 0 aliphatic rings. The molecule has 128 valence electrons. The molecule has 1 heterocycles. The lowest BCUT2D eigenvalue weighted by Crippen LogP contribution is -2.05. The summed E-state index contributed by atoms with van der Waals surface area (Å²) in [6.07, 6.45) is -3.01. The normalized spacial score (nSPS) is 11.2. The summed E-state index contributed by atoms with van der Waals surface area (Å²) in [7, 11) is 0. The highest BCUT2D eigenvalue weighted by Crippen LogP contribution is 2.30. The third kappa shape index (κ3) is 4.14. The summed E-state index contributed by atoms with van der Waals surface area (Å²) in [6, 6.07) is 11.7. The van der Waals surface area contributed by atoms with E-state index in [9.17, 15) is 13.2 Å². The van der Waals surface area contributed by atoms with Crippen molar-refractivity contribution in [2.24, 2.45) is 0 Å². The molecule has 3 rings (SSSR count). The zero-order valence-electron chi connectivity index (χ0n) is 12.7. The van der Waals surface area contributed by atoms with Crippen LogP contribution in [-0.4, -0.2) is 15.2 Å². The molecular formula is C16H13F3N6. The van der Waals surface area contributed by atoms with Gasteiger partial charge in [0.2, 0.25) is 5.95 Å². The predicted octanol–water partition coefficient (Wildman–Crippen LogP) is 3.96. The van der Waals surface area contributed by atoms with Gasteiger partial charge in [0.05, 0.1) is 23.1 Å². The Morgan fingerprint density at radius 1 is 0.920 bits per heavy atom. The molecule has 6 nitrogen and oxygen atoms in total. The lowest BCUT2D eigenvalue weighted by atomic mass is 10.2. The Balaban J connectivity index is 1.75. The molecule has 3 aromatic rings. The number of alkyl halides is 3. The van der Waals surface area contributed by atoms with Crippen molar-refractivity contribution in [2.75, 3.05) is 16.4 Å². The van der Waals surface area contributed by atoms with Crippen LogP contribution in [0.25, 0.3) is 0 Å². The van der Waals surface area contributed by atoms with Gasteiger partial charge in [0.1, 0.15) is 0 Å². The summed E-state index contributed by atoms with van der Waals surface area (Å²) in [4.78, 5) is 4.20. The van der Waals surface area contributed by atoms with Crippen LogP contribution in [0.15, 0.2) is 54.7 Å². The second-order valence-corrected chi connectivity index (χ2v) is 5.08. The van der Waals surface area contributed by atoms with E-state index in [2.05, 4.69) is 25.8 Å². The van der Waals surface area contributed by atoms with Gasteiger partial charge in [-0.3, -0.25) is 0 Å². The van der Waals surface area contributed by atoms with Crippen LogP contribution >= 0.6 is 0 Å². The van der Waals surface area contributed by atoms with Crippen molar-refractivity contribution in [1.82, 2.24) is 15.2 Å². The van der Waals surface area contributed by atoms with Gasteiger partial charge in [-0.25, -0.2) is 0 Å². The molecular weight excluding hydrogens is 333 g/mol. The molecule has 25 heavy (non-hydrogen) atoms. The molecule has 9 heteroatoms. The van der Waals surface area contributed by atoms with Gasteiger partial charge in [0.15, 0.2) is 5.82 Å². The monoisotopic (exact) mass is 346 g/mol. The number of hydrogen-bond donors (Lipinski definition) is 3. The number of nitrogens with two attached hydrogens (primary N) is 1. The SMILES string of the molecule is Nc1ccccc1Nc1nncc(Nc2ccc(C(F)(F)F)cc2)n1. The third-order valence-electron chi connectivity index (χ3n) is 3.25. The Labute approximate surface area is 140 Å². The standard InChI is InChI=1S/C16H13F3N6/c17-16(18,19)10-5-7-11(8-6-10)22-14-9-21-25-15(24-14)23-13-4-2-1-3-12(13)20/h1-9H,20H2,(H2,22,23,24,25). The number of anilines is 5. The Hall–Kier alpha value is -3.36. The first-order valence-electron chi connectivity index (χ1n) is 7.17. The van der Waals surface area contributed by atoms with Gasteiger partial charge in [-0.15, -0.1) is 5.10 Å². The van der Waals surface area contributed by atoms with Gasteiger partial charge in [0.25, 0.3) is 0 Å². The number of halogens is 3. The topological polar surface area (TPSA) is 88.8 Å². The van der Waals surface area contributed by atoms with Crippen LogP contribution in [0.5, 0.6) is 0 Å². The number of nitrogen functional groups attached to an aromatic ring is 1. The van der Waals surface area contributed by atoms with Crippen LogP contribution in [0, 0.1) is 0 Å². The maximum atomic E-state index is 12.6. The first-order valence-corrected chi connectivity index (χ1v) is 7.17. The fourth-order valence-electron chi connectivity index (χ4n) is 2.04. The van der Waals surface area contributed by atoms with E-state index in [-0.39, 0.29) is 5.95 Å². The van der Waals surface area contributed by atoms with Crippen molar-refractivity contribution in [1.29, 1.82) is 0 Å². The zero-order valence-corrected chi connectivity index (χ0v) is 12.7. The maximum absolute atomic E-state index is 12.6. The number of rotatable bonds is 4. The van der Waals surface area contributed by atoms with E-state index in [1.54, 1.807) is 24.3 Å². The minimum absolute atomic E-state index is 0.204. The highest BCUT2D eigenvalue weighted by molar-refractivity contribution is 5.70. The van der Waals surface area contributed by atoms with Crippen molar-refractivity contribution in [3.05, 3.63) is 60.3 Å². The quantitative estimate of drug-likeness (QED) is 0.620. The van der Waals surface area contributed by atoms with Crippen LogP contribution in [0.2, 0.25) is 0 Å². The van der Waals surface area contributed by atoms with Gasteiger partial charge < -0.3 is 16.4 Å². The molecule has 0 fully saturated rings. The molecule has 0 unspecified atom stereocenters. The Morgan fingerprint density at radius 2 is 1.64 bits per heavy atom. The summed E-state index contributed by atoms with van der Waals surface area (Å²) in [5.41, 5.74) is 6.70. The molecule has 0 saturated heterocycles. The van der Waals surface area contributed by atoms with Gasteiger partial charge >= 0.3 is 6.18 Å². The number of aromatic nitrogens is 3. The van der Waals surface area contributed by atoms with E-state index >= 15 is 0 Å². The number of nitrogens with zero attached hydrogens (tertiary/aromatic N) is 3. The second kappa shape index (κ2) is 6.63. The van der Waals surface area contributed by atoms with Crippen molar-refractivity contribution < 1.29 is 13.2 Å². The van der Waals surface area contributed by atoms with E-state index in [0.29, 0.717) is 22.9 Å². The zero-order chi connectivity index (χ0) is 17.9. The molecule has 0 radical (unpaired) electrons. The molecule has 0 spiro atoms. The van der Waals surface area contributed by atoms with E-state index in [4.69, 9.17) is 5.73 Å².